The van der Waals surface area contributed by atoms with Gasteiger partial charge in [0.1, 0.15) is 0 Å². The van der Waals surface area contributed by atoms with Gasteiger partial charge >= 0.3 is 0 Å². The highest BCUT2D eigenvalue weighted by Gasteiger charge is 2.09. The molecular formula is C14H19N3O. The number of rotatable bonds is 4. The first kappa shape index (κ1) is 12.6. The summed E-state index contributed by atoms with van der Waals surface area (Å²) in [6.07, 6.45) is 2.86. The number of hydrogen-bond donors (Lipinski definition) is 3. The van der Waals surface area contributed by atoms with Crippen LogP contribution in [0.1, 0.15) is 31.0 Å². The van der Waals surface area contributed by atoms with Gasteiger partial charge in [0, 0.05) is 24.0 Å². The summed E-state index contributed by atoms with van der Waals surface area (Å²) in [5.74, 6) is -0.0150. The van der Waals surface area contributed by atoms with Gasteiger partial charge in [-0.15, -0.1) is 0 Å². The van der Waals surface area contributed by atoms with E-state index in [0.717, 1.165) is 17.5 Å². The molecule has 1 heterocycles. The minimum Gasteiger partial charge on any atom is -0.361 e. The van der Waals surface area contributed by atoms with Crippen molar-refractivity contribution in [2.75, 3.05) is 6.54 Å². The lowest BCUT2D eigenvalue weighted by Gasteiger charge is -2.13. The summed E-state index contributed by atoms with van der Waals surface area (Å²) < 4.78 is 0. The molecule has 0 bridgehead atoms. The maximum Gasteiger partial charge on any atom is 0.217 e. The van der Waals surface area contributed by atoms with Crippen molar-refractivity contribution in [2.45, 2.75) is 26.3 Å². The predicted octanol–water partition coefficient (Wildman–Crippen LogP) is 1.87. The van der Waals surface area contributed by atoms with Gasteiger partial charge in [0.05, 0.1) is 6.04 Å². The summed E-state index contributed by atoms with van der Waals surface area (Å²) in [5.41, 5.74) is 9.05. The number of benzene rings is 1. The van der Waals surface area contributed by atoms with Crippen LogP contribution in [0, 0.1) is 0 Å². The highest BCUT2D eigenvalue weighted by Crippen LogP contribution is 2.23. The summed E-state index contributed by atoms with van der Waals surface area (Å²) in [5, 5.41) is 4.08. The zero-order valence-corrected chi connectivity index (χ0v) is 10.8. The van der Waals surface area contributed by atoms with Gasteiger partial charge in [-0.3, -0.25) is 4.79 Å². The van der Waals surface area contributed by atoms with E-state index in [4.69, 9.17) is 5.73 Å². The quantitative estimate of drug-likeness (QED) is 0.769. The zero-order valence-electron chi connectivity index (χ0n) is 10.8. The second-order valence-corrected chi connectivity index (χ2v) is 4.58. The maximum absolute atomic E-state index is 11.1. The molecule has 2 rings (SSSR count). The van der Waals surface area contributed by atoms with E-state index in [-0.39, 0.29) is 11.9 Å². The topological polar surface area (TPSA) is 70.9 Å². The maximum atomic E-state index is 11.1. The lowest BCUT2D eigenvalue weighted by Crippen LogP contribution is -2.23. The largest absolute Gasteiger partial charge is 0.361 e. The molecule has 1 aromatic heterocycles. The van der Waals surface area contributed by atoms with Crippen LogP contribution in [0.4, 0.5) is 0 Å². The van der Waals surface area contributed by atoms with E-state index in [9.17, 15) is 4.79 Å². The van der Waals surface area contributed by atoms with Gasteiger partial charge in [-0.2, -0.15) is 0 Å². The first-order valence-electron chi connectivity index (χ1n) is 6.19. The molecular weight excluding hydrogens is 226 g/mol. The van der Waals surface area contributed by atoms with E-state index in [2.05, 4.69) is 16.4 Å². The molecule has 1 amide bonds. The fraction of sp³-hybridized carbons (Fsp3) is 0.357. The fourth-order valence-electron chi connectivity index (χ4n) is 2.22. The normalized spacial score (nSPS) is 12.6. The molecule has 96 valence electrons. The van der Waals surface area contributed by atoms with E-state index in [1.54, 1.807) is 0 Å². The molecule has 4 nitrogen and oxygen atoms in total. The number of aromatic nitrogens is 1. The Hall–Kier alpha value is -1.81. The average Bonchev–Trinajstić information content (AvgIpc) is 2.71. The lowest BCUT2D eigenvalue weighted by atomic mass is 10.0. The molecule has 0 radical (unpaired) electrons. The summed E-state index contributed by atoms with van der Waals surface area (Å²) in [4.78, 5) is 14.3. The molecule has 0 aliphatic carbocycles. The number of carbonyl (C=O) groups excluding carboxylic acids is 1. The average molecular weight is 245 g/mol. The first-order valence-corrected chi connectivity index (χ1v) is 6.19. The van der Waals surface area contributed by atoms with Gasteiger partial charge < -0.3 is 16.0 Å². The molecule has 0 spiro atoms. The Labute approximate surface area is 107 Å². The van der Waals surface area contributed by atoms with E-state index in [0.29, 0.717) is 6.54 Å². The smallest absolute Gasteiger partial charge is 0.217 e. The predicted molar refractivity (Wildman–Crippen MR) is 73.3 cm³/mol. The van der Waals surface area contributed by atoms with Crippen molar-refractivity contribution in [1.29, 1.82) is 0 Å². The molecule has 0 fully saturated rings. The van der Waals surface area contributed by atoms with Crippen LogP contribution in [-0.2, 0) is 11.2 Å². The van der Waals surface area contributed by atoms with Gasteiger partial charge in [0.25, 0.3) is 0 Å². The molecule has 1 atom stereocenters. The molecule has 18 heavy (non-hydrogen) atoms. The van der Waals surface area contributed by atoms with Gasteiger partial charge in [-0.05, 0) is 43.1 Å². The van der Waals surface area contributed by atoms with Crippen LogP contribution < -0.4 is 11.1 Å². The number of carbonyl (C=O) groups is 1. The number of nitrogens with one attached hydrogen (secondary N) is 2. The zero-order chi connectivity index (χ0) is 13.1. The monoisotopic (exact) mass is 245 g/mol. The van der Waals surface area contributed by atoms with Crippen LogP contribution in [0.15, 0.2) is 24.4 Å². The summed E-state index contributed by atoms with van der Waals surface area (Å²) >= 11 is 0. The Morgan fingerprint density at radius 1 is 1.50 bits per heavy atom. The fourth-order valence-corrected chi connectivity index (χ4v) is 2.22. The molecule has 0 saturated heterocycles. The van der Waals surface area contributed by atoms with E-state index < -0.39 is 0 Å². The Morgan fingerprint density at radius 2 is 2.28 bits per heavy atom. The molecule has 2 aromatic rings. The third-order valence-corrected chi connectivity index (χ3v) is 3.12. The van der Waals surface area contributed by atoms with E-state index in [1.165, 1.54) is 17.9 Å². The molecule has 1 unspecified atom stereocenters. The van der Waals surface area contributed by atoms with Crippen LogP contribution in [0.2, 0.25) is 0 Å². The SMILES string of the molecule is CC(=O)NC(C)c1ccc2[nH]cc(CCN)c2c1. The third kappa shape index (κ3) is 2.54. The molecule has 0 aliphatic heterocycles. The summed E-state index contributed by atoms with van der Waals surface area (Å²) in [6, 6.07) is 6.22. The molecule has 0 aliphatic rings. The summed E-state index contributed by atoms with van der Waals surface area (Å²) in [7, 11) is 0. The van der Waals surface area contributed by atoms with Crippen molar-refractivity contribution < 1.29 is 4.79 Å². The number of H-pyrrole nitrogens is 1. The second kappa shape index (κ2) is 5.23. The van der Waals surface area contributed by atoms with Gasteiger partial charge in [0.2, 0.25) is 5.91 Å². The van der Waals surface area contributed by atoms with E-state index in [1.807, 2.05) is 25.3 Å². The number of aromatic amines is 1. The van der Waals surface area contributed by atoms with Crippen LogP contribution in [0.25, 0.3) is 10.9 Å². The van der Waals surface area contributed by atoms with Crippen LogP contribution in [0.3, 0.4) is 0 Å². The molecule has 4 heteroatoms. The van der Waals surface area contributed by atoms with Crippen molar-refractivity contribution in [3.8, 4) is 0 Å². The number of amides is 1. The Bertz CT molecular complexity index is 559. The van der Waals surface area contributed by atoms with E-state index >= 15 is 0 Å². The van der Waals surface area contributed by atoms with Crippen molar-refractivity contribution >= 4 is 16.8 Å². The van der Waals surface area contributed by atoms with Gasteiger partial charge in [0.15, 0.2) is 0 Å². The van der Waals surface area contributed by atoms with Crippen molar-refractivity contribution in [3.05, 3.63) is 35.5 Å². The number of nitrogens with two attached hydrogens (primary N) is 1. The number of hydrogen-bond acceptors (Lipinski definition) is 2. The van der Waals surface area contributed by atoms with Gasteiger partial charge in [-0.25, -0.2) is 0 Å². The highest BCUT2D eigenvalue weighted by atomic mass is 16.1. The van der Waals surface area contributed by atoms with Crippen LogP contribution >= 0.6 is 0 Å². The highest BCUT2D eigenvalue weighted by molar-refractivity contribution is 5.84. The van der Waals surface area contributed by atoms with Crippen LogP contribution in [-0.4, -0.2) is 17.4 Å². The Kier molecular flexibility index (Phi) is 3.67. The summed E-state index contributed by atoms with van der Waals surface area (Å²) in [6.45, 7) is 4.15. The second-order valence-electron chi connectivity index (χ2n) is 4.58. The van der Waals surface area contributed by atoms with Crippen molar-refractivity contribution in [3.63, 3.8) is 0 Å². The third-order valence-electron chi connectivity index (χ3n) is 3.12. The van der Waals surface area contributed by atoms with Gasteiger partial charge in [-0.1, -0.05) is 6.07 Å². The van der Waals surface area contributed by atoms with Crippen molar-refractivity contribution in [2.24, 2.45) is 5.73 Å². The minimum absolute atomic E-state index is 0.0150. The van der Waals surface area contributed by atoms with Crippen LogP contribution in [0.5, 0.6) is 0 Å². The van der Waals surface area contributed by atoms with Crippen molar-refractivity contribution in [1.82, 2.24) is 10.3 Å². The minimum atomic E-state index is -0.0150. The number of fused-ring (bicyclic) bond motifs is 1. The lowest BCUT2D eigenvalue weighted by molar-refractivity contribution is -0.119. The molecule has 4 N–H and O–H groups in total. The Morgan fingerprint density at radius 3 is 2.94 bits per heavy atom. The Balaban J connectivity index is 2.35. The first-order chi connectivity index (χ1) is 8.61. The molecule has 1 aromatic carbocycles. The standard InChI is InChI=1S/C14H19N3O/c1-9(17-10(2)18)11-3-4-14-13(7-11)12(5-6-15)8-16-14/h3-4,7-9,16H,5-6,15H2,1-2H3,(H,17,18). The molecule has 0 saturated carbocycles.